The van der Waals surface area contributed by atoms with Crippen LogP contribution in [0.5, 0.6) is 0 Å². The highest BCUT2D eigenvalue weighted by Gasteiger charge is 2.22. The Balaban J connectivity index is 4.15. The van der Waals surface area contributed by atoms with Gasteiger partial charge in [0.1, 0.15) is 8.07 Å². The van der Waals surface area contributed by atoms with Gasteiger partial charge in [-0.25, -0.2) is 0 Å². The van der Waals surface area contributed by atoms with E-state index in [-0.39, 0.29) is 0 Å². The average Bonchev–Trinajstić information content (AvgIpc) is 2.11. The Morgan fingerprint density at radius 2 is 1.64 bits per heavy atom. The highest BCUT2D eigenvalue weighted by atomic mass is 28.3. The lowest BCUT2D eigenvalue weighted by Gasteiger charge is -2.22. The van der Waals surface area contributed by atoms with Gasteiger partial charge in [-0.1, -0.05) is 23.1 Å². The second-order valence-electron chi connectivity index (χ2n) is 4.39. The zero-order chi connectivity index (χ0) is 11.2. The number of aliphatic hydroxyl groups is 1. The Morgan fingerprint density at radius 1 is 1.21 bits per heavy atom. The summed E-state index contributed by atoms with van der Waals surface area (Å²) in [5.41, 5.74) is 6.06. The summed E-state index contributed by atoms with van der Waals surface area (Å²) in [5, 5.41) is 9.21. The first-order chi connectivity index (χ1) is 6.39. The van der Waals surface area contributed by atoms with Crippen molar-refractivity contribution in [2.45, 2.75) is 31.2 Å². The van der Waals surface area contributed by atoms with Crippen molar-refractivity contribution < 1.29 is 5.11 Å². The molecule has 0 saturated heterocycles. The summed E-state index contributed by atoms with van der Waals surface area (Å²) < 4.78 is 0. The molecule has 0 aromatic carbocycles. The molecule has 1 nitrogen and oxygen atoms in total. The molecule has 0 heterocycles. The first kappa shape index (κ1) is 13.6. The van der Waals surface area contributed by atoms with Gasteiger partial charge in [0, 0.05) is 5.22 Å². The molecule has 0 aliphatic heterocycles. The average molecular weight is 226 g/mol. The summed E-state index contributed by atoms with van der Waals surface area (Å²) in [6.07, 6.45) is 0. The number of hydrogen-bond donors (Lipinski definition) is 1. The summed E-state index contributed by atoms with van der Waals surface area (Å²) in [4.78, 5) is 0. The summed E-state index contributed by atoms with van der Waals surface area (Å²) in [6.45, 7) is 15.4. The van der Waals surface area contributed by atoms with E-state index >= 15 is 0 Å². The molecule has 14 heavy (non-hydrogen) atoms. The minimum atomic E-state index is -1.60. The van der Waals surface area contributed by atoms with Crippen LogP contribution in [-0.2, 0) is 0 Å². The van der Waals surface area contributed by atoms with E-state index in [4.69, 9.17) is 0 Å². The van der Waals surface area contributed by atoms with E-state index in [0.29, 0.717) is 0 Å². The predicted octanol–water partition coefficient (Wildman–Crippen LogP) is 1.93. The summed E-state index contributed by atoms with van der Waals surface area (Å²) >= 11 is 0. The van der Waals surface area contributed by atoms with Crippen molar-refractivity contribution in [3.8, 4) is 0 Å². The molecule has 0 atom stereocenters. The van der Waals surface area contributed by atoms with E-state index in [1.807, 2.05) is 30.9 Å². The SMILES string of the molecule is C=C[Si](C=C)(C=C)CC[SiH2]C(C)(C)O. The van der Waals surface area contributed by atoms with Crippen molar-refractivity contribution in [2.24, 2.45) is 0 Å². The fraction of sp³-hybridized carbons (Fsp3) is 0.455. The standard InChI is InChI=1S/C11H22OSi2/c1-6-14(7-2,8-3)10-9-13-11(4,5)12/h6-8,12H,1-3,9-10,13H2,4-5H3. The predicted molar refractivity (Wildman–Crippen MR) is 70.8 cm³/mol. The van der Waals surface area contributed by atoms with Crippen LogP contribution in [0.2, 0.25) is 12.1 Å². The lowest BCUT2D eigenvalue weighted by Crippen LogP contribution is -2.32. The van der Waals surface area contributed by atoms with Crippen LogP contribution in [0.25, 0.3) is 0 Å². The largest absolute Gasteiger partial charge is 0.395 e. The normalized spacial score (nSPS) is 13.1. The molecule has 0 aromatic rings. The second-order valence-corrected chi connectivity index (χ2v) is 11.3. The van der Waals surface area contributed by atoms with E-state index in [9.17, 15) is 5.11 Å². The summed E-state index contributed by atoms with van der Waals surface area (Å²) in [7, 11) is -2.01. The van der Waals surface area contributed by atoms with Gasteiger partial charge in [0.05, 0.1) is 9.52 Å². The van der Waals surface area contributed by atoms with E-state index in [2.05, 4.69) is 19.7 Å². The van der Waals surface area contributed by atoms with Gasteiger partial charge < -0.3 is 5.11 Å². The molecule has 3 heteroatoms. The fourth-order valence-electron chi connectivity index (χ4n) is 1.38. The lowest BCUT2D eigenvalue weighted by molar-refractivity contribution is 0.165. The Hall–Kier alpha value is -0.386. The molecule has 80 valence electrons. The minimum absolute atomic E-state index is 0.411. The molecule has 0 radical (unpaired) electrons. The van der Waals surface area contributed by atoms with Crippen molar-refractivity contribution in [1.29, 1.82) is 0 Å². The quantitative estimate of drug-likeness (QED) is 0.658. The Bertz CT molecular complexity index is 194. The lowest BCUT2D eigenvalue weighted by atomic mass is 10.5. The first-order valence-electron chi connectivity index (χ1n) is 5.02. The maximum Gasteiger partial charge on any atom is 0.124 e. The van der Waals surface area contributed by atoms with Crippen molar-refractivity contribution >= 4 is 17.6 Å². The van der Waals surface area contributed by atoms with Crippen molar-refractivity contribution in [3.05, 3.63) is 36.8 Å². The van der Waals surface area contributed by atoms with Gasteiger partial charge >= 0.3 is 0 Å². The number of hydrogen-bond acceptors (Lipinski definition) is 1. The van der Waals surface area contributed by atoms with Crippen molar-refractivity contribution in [3.63, 3.8) is 0 Å². The smallest absolute Gasteiger partial charge is 0.124 e. The molecule has 0 spiro atoms. The van der Waals surface area contributed by atoms with Crippen molar-refractivity contribution in [1.82, 2.24) is 0 Å². The van der Waals surface area contributed by atoms with Crippen LogP contribution in [0.3, 0.4) is 0 Å². The van der Waals surface area contributed by atoms with Crippen LogP contribution >= 0.6 is 0 Å². The molecule has 0 saturated carbocycles. The second kappa shape index (κ2) is 5.48. The van der Waals surface area contributed by atoms with Gasteiger partial charge in [-0.05, 0) is 19.9 Å². The minimum Gasteiger partial charge on any atom is -0.395 e. The molecular formula is C11H22OSi2. The monoisotopic (exact) mass is 226 g/mol. The van der Waals surface area contributed by atoms with Crippen LogP contribution < -0.4 is 0 Å². The van der Waals surface area contributed by atoms with Gasteiger partial charge in [0.2, 0.25) is 0 Å². The molecule has 0 aliphatic rings. The van der Waals surface area contributed by atoms with Crippen LogP contribution in [0.15, 0.2) is 36.8 Å². The van der Waals surface area contributed by atoms with Crippen molar-refractivity contribution in [2.75, 3.05) is 0 Å². The third kappa shape index (κ3) is 4.74. The Labute approximate surface area is 91.1 Å². The number of rotatable bonds is 7. The highest BCUT2D eigenvalue weighted by molar-refractivity contribution is 6.93. The molecule has 0 aliphatic carbocycles. The Morgan fingerprint density at radius 3 is 1.93 bits per heavy atom. The third-order valence-corrected chi connectivity index (χ3v) is 8.68. The first-order valence-corrected chi connectivity index (χ1v) is 9.17. The molecule has 0 aromatic heterocycles. The molecule has 0 rings (SSSR count). The molecule has 0 bridgehead atoms. The van der Waals surface area contributed by atoms with Gasteiger partial charge in [-0.15, -0.1) is 19.7 Å². The molecule has 0 fully saturated rings. The van der Waals surface area contributed by atoms with Crippen LogP contribution in [0.1, 0.15) is 13.8 Å². The van der Waals surface area contributed by atoms with E-state index in [1.165, 1.54) is 0 Å². The zero-order valence-electron chi connectivity index (χ0n) is 9.42. The van der Waals surface area contributed by atoms with Gasteiger partial charge in [0.25, 0.3) is 0 Å². The van der Waals surface area contributed by atoms with E-state index in [0.717, 1.165) is 12.1 Å². The zero-order valence-corrected chi connectivity index (χ0v) is 11.8. The van der Waals surface area contributed by atoms with Crippen LogP contribution in [0.4, 0.5) is 0 Å². The molecule has 0 unspecified atom stereocenters. The topological polar surface area (TPSA) is 20.2 Å². The van der Waals surface area contributed by atoms with E-state index in [1.54, 1.807) is 0 Å². The molecule has 0 amide bonds. The van der Waals surface area contributed by atoms with Crippen LogP contribution in [0, 0.1) is 0 Å². The molecular weight excluding hydrogens is 204 g/mol. The molecule has 1 N–H and O–H groups in total. The van der Waals surface area contributed by atoms with Gasteiger partial charge in [0.15, 0.2) is 0 Å². The Kier molecular flexibility index (Phi) is 5.33. The van der Waals surface area contributed by atoms with Crippen LogP contribution in [-0.4, -0.2) is 27.9 Å². The highest BCUT2D eigenvalue weighted by Crippen LogP contribution is 2.17. The van der Waals surface area contributed by atoms with E-state index < -0.39 is 22.8 Å². The fourth-order valence-corrected chi connectivity index (χ4v) is 6.52. The summed E-state index contributed by atoms with van der Waals surface area (Å²) in [6, 6.07) is 2.25. The third-order valence-electron chi connectivity index (χ3n) is 2.54. The maximum absolute atomic E-state index is 9.63. The van der Waals surface area contributed by atoms with Gasteiger partial charge in [-0.3, -0.25) is 0 Å². The maximum atomic E-state index is 9.63. The van der Waals surface area contributed by atoms with Gasteiger partial charge in [-0.2, -0.15) is 0 Å². The summed E-state index contributed by atoms with van der Waals surface area (Å²) in [5.74, 6) is 0.